The van der Waals surface area contributed by atoms with Crippen molar-refractivity contribution in [1.29, 1.82) is 0 Å². The minimum atomic E-state index is -4.00. The zero-order chi connectivity index (χ0) is 7.78. The summed E-state index contributed by atoms with van der Waals surface area (Å²) in [4.78, 5) is 17.2. The molecule has 2 atom stereocenters. The van der Waals surface area contributed by atoms with E-state index in [1.807, 2.05) is 0 Å². The predicted octanol–water partition coefficient (Wildman–Crippen LogP) is 1.02. The Morgan fingerprint density at radius 1 is 1.50 bits per heavy atom. The molecule has 1 aliphatic rings. The topological polar surface area (TPSA) is 66.8 Å². The van der Waals surface area contributed by atoms with Crippen molar-refractivity contribution >= 4 is 23.5 Å². The number of hydrogen-bond acceptors (Lipinski definition) is 2. The van der Waals surface area contributed by atoms with Gasteiger partial charge in [0.15, 0.2) is 5.85 Å². The molecule has 0 aromatic heterocycles. The Kier molecular flexibility index (Phi) is 2.53. The number of alkyl halides is 1. The van der Waals surface area contributed by atoms with Gasteiger partial charge in [-0.25, -0.2) is 0 Å². The third-order valence-electron chi connectivity index (χ3n) is 1.32. The van der Waals surface area contributed by atoms with Crippen LogP contribution in [0.4, 0.5) is 0 Å². The first-order chi connectivity index (χ1) is 4.50. The van der Waals surface area contributed by atoms with Gasteiger partial charge in [0, 0.05) is 0 Å². The predicted molar refractivity (Wildman–Crippen MR) is 38.9 cm³/mol. The van der Waals surface area contributed by atoms with Crippen molar-refractivity contribution in [2.24, 2.45) is 0 Å². The van der Waals surface area contributed by atoms with Gasteiger partial charge in [-0.3, -0.25) is 4.57 Å². The Balaban J connectivity index is 2.53. The summed E-state index contributed by atoms with van der Waals surface area (Å²) in [5.74, 6) is -0.892. The fraction of sp³-hybridized carbons (Fsp3) is 1.00. The highest BCUT2D eigenvalue weighted by Gasteiger charge is 2.36. The molecule has 0 aromatic carbocycles. The zero-order valence-corrected chi connectivity index (χ0v) is 7.59. The van der Waals surface area contributed by atoms with E-state index >= 15 is 0 Å². The molecule has 0 aliphatic carbocycles. The molecule has 0 spiro atoms. The van der Waals surface area contributed by atoms with Crippen LogP contribution in [0.2, 0.25) is 0 Å². The lowest BCUT2D eigenvalue weighted by Gasteiger charge is -2.10. The van der Waals surface area contributed by atoms with Crippen LogP contribution in [-0.4, -0.2) is 20.6 Å². The summed E-state index contributed by atoms with van der Waals surface area (Å²) < 4.78 is 15.4. The minimum absolute atomic E-state index is 0.190. The van der Waals surface area contributed by atoms with Crippen molar-refractivity contribution in [3.63, 3.8) is 0 Å². The molecule has 0 aromatic rings. The van der Waals surface area contributed by atoms with E-state index in [1.54, 1.807) is 0 Å². The smallest absolute Gasteiger partial charge is 0.351 e. The number of hydrogen-bond donors (Lipinski definition) is 2. The van der Waals surface area contributed by atoms with E-state index < -0.39 is 13.4 Å². The number of rotatable bonds is 1. The molecule has 2 unspecified atom stereocenters. The van der Waals surface area contributed by atoms with Crippen LogP contribution in [-0.2, 0) is 9.30 Å². The minimum Gasteiger partial charge on any atom is -0.351 e. The summed E-state index contributed by atoms with van der Waals surface area (Å²) in [5, 5.41) is -0.190. The van der Waals surface area contributed by atoms with E-state index in [0.29, 0.717) is 12.8 Å². The van der Waals surface area contributed by atoms with Gasteiger partial charge in [0.1, 0.15) is 5.01 Å². The van der Waals surface area contributed by atoms with Crippen LogP contribution in [0.3, 0.4) is 0 Å². The van der Waals surface area contributed by atoms with Crippen LogP contribution in [0.5, 0.6) is 0 Å². The van der Waals surface area contributed by atoms with Gasteiger partial charge in [0.2, 0.25) is 0 Å². The molecular formula is C4H8BrO4P. The third-order valence-corrected chi connectivity index (χ3v) is 3.12. The first-order valence-electron chi connectivity index (χ1n) is 2.85. The fourth-order valence-corrected chi connectivity index (χ4v) is 2.31. The summed E-state index contributed by atoms with van der Waals surface area (Å²) >= 11 is 3.11. The molecule has 0 bridgehead atoms. The molecule has 4 nitrogen and oxygen atoms in total. The Morgan fingerprint density at radius 2 is 2.10 bits per heavy atom. The van der Waals surface area contributed by atoms with Gasteiger partial charge >= 0.3 is 7.60 Å². The molecule has 1 heterocycles. The summed E-state index contributed by atoms with van der Waals surface area (Å²) in [5.41, 5.74) is 0. The second-order valence-electron chi connectivity index (χ2n) is 2.17. The SMILES string of the molecule is O=P(O)(O)C1CCC(Br)O1. The normalized spacial score (nSPS) is 34.7. The lowest BCUT2D eigenvalue weighted by atomic mass is 10.4. The van der Waals surface area contributed by atoms with E-state index in [2.05, 4.69) is 15.9 Å². The average Bonchev–Trinajstić information content (AvgIpc) is 2.11. The van der Waals surface area contributed by atoms with Gasteiger partial charge < -0.3 is 14.5 Å². The van der Waals surface area contributed by atoms with Crippen LogP contribution >= 0.6 is 23.5 Å². The highest BCUT2D eigenvalue weighted by molar-refractivity contribution is 9.09. The van der Waals surface area contributed by atoms with E-state index in [1.165, 1.54) is 0 Å². The second kappa shape index (κ2) is 2.91. The molecule has 10 heavy (non-hydrogen) atoms. The first kappa shape index (κ1) is 8.68. The molecule has 0 radical (unpaired) electrons. The summed E-state index contributed by atoms with van der Waals surface area (Å²) in [6.45, 7) is 0. The Labute approximate surface area is 66.9 Å². The molecule has 60 valence electrons. The lowest BCUT2D eigenvalue weighted by molar-refractivity contribution is 0.125. The Bertz CT molecular complexity index is 167. The third kappa shape index (κ3) is 2.04. The Morgan fingerprint density at radius 3 is 2.30 bits per heavy atom. The largest absolute Gasteiger partial charge is 0.354 e. The molecule has 6 heteroatoms. The monoisotopic (exact) mass is 230 g/mol. The van der Waals surface area contributed by atoms with E-state index in [9.17, 15) is 4.57 Å². The second-order valence-corrected chi connectivity index (χ2v) is 4.94. The van der Waals surface area contributed by atoms with Gasteiger partial charge in [-0.2, -0.15) is 0 Å². The van der Waals surface area contributed by atoms with Crippen LogP contribution in [0.25, 0.3) is 0 Å². The quantitative estimate of drug-likeness (QED) is 0.522. The van der Waals surface area contributed by atoms with Crippen LogP contribution in [0.15, 0.2) is 0 Å². The fourth-order valence-electron chi connectivity index (χ4n) is 0.828. The van der Waals surface area contributed by atoms with Gasteiger partial charge in [-0.1, -0.05) is 15.9 Å². The maximum absolute atomic E-state index is 10.5. The van der Waals surface area contributed by atoms with Crippen molar-refractivity contribution in [2.45, 2.75) is 23.7 Å². The highest BCUT2D eigenvalue weighted by Crippen LogP contribution is 2.48. The average molecular weight is 231 g/mol. The van der Waals surface area contributed by atoms with E-state index in [0.717, 1.165) is 0 Å². The molecule has 1 rings (SSSR count). The molecule has 1 aliphatic heterocycles. The molecule has 0 amide bonds. The van der Waals surface area contributed by atoms with Crippen LogP contribution in [0.1, 0.15) is 12.8 Å². The Hall–Kier alpha value is 0.590. The maximum Gasteiger partial charge on any atom is 0.354 e. The maximum atomic E-state index is 10.5. The number of ether oxygens (including phenoxy) is 1. The zero-order valence-electron chi connectivity index (χ0n) is 5.11. The van der Waals surface area contributed by atoms with Crippen molar-refractivity contribution in [1.82, 2.24) is 0 Å². The molecule has 2 N–H and O–H groups in total. The van der Waals surface area contributed by atoms with Crippen molar-refractivity contribution in [2.75, 3.05) is 0 Å². The first-order valence-corrected chi connectivity index (χ1v) is 5.44. The van der Waals surface area contributed by atoms with Crippen LogP contribution < -0.4 is 0 Å². The van der Waals surface area contributed by atoms with Gasteiger partial charge in [0.05, 0.1) is 0 Å². The van der Waals surface area contributed by atoms with Gasteiger partial charge in [0.25, 0.3) is 0 Å². The summed E-state index contributed by atoms with van der Waals surface area (Å²) in [6, 6.07) is 0. The molecular weight excluding hydrogens is 223 g/mol. The standard InChI is InChI=1S/C4H8BrO4P/c5-3-1-2-4(9-3)10(6,7)8/h3-4H,1-2H2,(H2,6,7,8). The number of halogens is 1. The van der Waals surface area contributed by atoms with E-state index in [4.69, 9.17) is 14.5 Å². The highest BCUT2D eigenvalue weighted by atomic mass is 79.9. The van der Waals surface area contributed by atoms with Gasteiger partial charge in [-0.15, -0.1) is 0 Å². The molecule has 1 saturated heterocycles. The summed E-state index contributed by atoms with van der Waals surface area (Å²) in [6.07, 6.45) is 1.09. The lowest BCUT2D eigenvalue weighted by Crippen LogP contribution is -2.06. The van der Waals surface area contributed by atoms with E-state index in [-0.39, 0.29) is 5.01 Å². The molecule has 1 fully saturated rings. The van der Waals surface area contributed by atoms with Gasteiger partial charge in [-0.05, 0) is 12.8 Å². The van der Waals surface area contributed by atoms with Crippen molar-refractivity contribution < 1.29 is 19.1 Å². The van der Waals surface area contributed by atoms with Crippen molar-refractivity contribution in [3.8, 4) is 0 Å². The molecule has 0 saturated carbocycles. The van der Waals surface area contributed by atoms with Crippen LogP contribution in [0, 0.1) is 0 Å². The summed E-state index contributed by atoms with van der Waals surface area (Å²) in [7, 11) is -4.00. The van der Waals surface area contributed by atoms with Crippen molar-refractivity contribution in [3.05, 3.63) is 0 Å².